The van der Waals surface area contributed by atoms with Crippen LogP contribution in [0.4, 0.5) is 0 Å². The van der Waals surface area contributed by atoms with E-state index in [2.05, 4.69) is 132 Å². The number of para-hydroxylation sites is 1. The largest absolute Gasteiger partial charge is 0.307 e. The van der Waals surface area contributed by atoms with E-state index in [-0.39, 0.29) is 0 Å². The minimum atomic E-state index is 1.25. The Balaban J connectivity index is 1.42. The lowest BCUT2D eigenvalue weighted by molar-refractivity contribution is 1.21. The van der Waals surface area contributed by atoms with Gasteiger partial charge in [0.1, 0.15) is 0 Å². The molecule has 0 fully saturated rings. The SMILES string of the molecule is c1ccc2c(c1)-c1cccc3c(-n4c5ccccc5c5c6sc7ccccc7c6c6c7ccccc7sc6c54)ccc-2c13. The maximum Gasteiger partial charge on any atom is 0.0734 e. The Labute approximate surface area is 254 Å². The highest BCUT2D eigenvalue weighted by Gasteiger charge is 2.27. The Morgan fingerprint density at radius 3 is 1.70 bits per heavy atom. The summed E-state index contributed by atoms with van der Waals surface area (Å²) in [7, 11) is 0. The summed E-state index contributed by atoms with van der Waals surface area (Å²) in [5.74, 6) is 0. The number of benzene rings is 7. The molecule has 7 aromatic carbocycles. The molecule has 0 aliphatic heterocycles. The van der Waals surface area contributed by atoms with Gasteiger partial charge in [-0.2, -0.15) is 0 Å². The highest BCUT2D eigenvalue weighted by Crippen LogP contribution is 2.53. The highest BCUT2D eigenvalue weighted by atomic mass is 32.1. The maximum atomic E-state index is 2.58. The van der Waals surface area contributed by atoms with E-state index in [1.807, 2.05) is 22.7 Å². The first-order chi connectivity index (χ1) is 21.4. The fourth-order valence-electron chi connectivity index (χ4n) is 7.85. The Hall–Kier alpha value is -4.96. The Morgan fingerprint density at radius 1 is 0.372 bits per heavy atom. The molecule has 3 heteroatoms. The molecule has 0 radical (unpaired) electrons. The molecule has 10 aromatic rings. The Kier molecular flexibility index (Phi) is 4.15. The Morgan fingerprint density at radius 2 is 0.930 bits per heavy atom. The fraction of sp³-hybridized carbons (Fsp3) is 0. The van der Waals surface area contributed by atoms with Crippen LogP contribution < -0.4 is 0 Å². The van der Waals surface area contributed by atoms with Gasteiger partial charge in [0.25, 0.3) is 0 Å². The van der Waals surface area contributed by atoms with Gasteiger partial charge < -0.3 is 4.57 Å². The lowest BCUT2D eigenvalue weighted by Gasteiger charge is -2.14. The third kappa shape index (κ3) is 2.69. The van der Waals surface area contributed by atoms with E-state index < -0.39 is 0 Å². The van der Waals surface area contributed by atoms with Gasteiger partial charge in [0.15, 0.2) is 0 Å². The predicted molar refractivity (Wildman–Crippen MR) is 188 cm³/mol. The molecule has 198 valence electrons. The molecule has 1 nitrogen and oxygen atoms in total. The van der Waals surface area contributed by atoms with Crippen molar-refractivity contribution in [2.45, 2.75) is 0 Å². The number of fused-ring (bicyclic) bond motifs is 15. The van der Waals surface area contributed by atoms with Crippen LogP contribution in [0.1, 0.15) is 0 Å². The third-order valence-electron chi connectivity index (χ3n) is 9.52. The van der Waals surface area contributed by atoms with Gasteiger partial charge in [-0.25, -0.2) is 0 Å². The van der Waals surface area contributed by atoms with E-state index >= 15 is 0 Å². The van der Waals surface area contributed by atoms with E-state index in [1.54, 1.807) is 0 Å². The molecular weight excluding hydrogens is 559 g/mol. The number of nitrogens with zero attached hydrogens (tertiary/aromatic N) is 1. The molecule has 0 N–H and O–H groups in total. The average molecular weight is 580 g/mol. The number of rotatable bonds is 1. The summed E-state index contributed by atoms with van der Waals surface area (Å²) in [5, 5.41) is 10.9. The van der Waals surface area contributed by atoms with Gasteiger partial charge in [-0.3, -0.25) is 0 Å². The molecule has 0 amide bonds. The predicted octanol–water partition coefficient (Wildman–Crippen LogP) is 12.3. The van der Waals surface area contributed by atoms with Crippen molar-refractivity contribution in [1.82, 2.24) is 4.57 Å². The molecule has 43 heavy (non-hydrogen) atoms. The van der Waals surface area contributed by atoms with Crippen molar-refractivity contribution in [3.8, 4) is 27.9 Å². The van der Waals surface area contributed by atoms with E-state index in [0.717, 1.165) is 0 Å². The maximum absolute atomic E-state index is 2.58. The number of hydrogen-bond donors (Lipinski definition) is 0. The van der Waals surface area contributed by atoms with E-state index in [9.17, 15) is 0 Å². The van der Waals surface area contributed by atoms with Gasteiger partial charge in [0, 0.05) is 51.8 Å². The van der Waals surface area contributed by atoms with E-state index in [4.69, 9.17) is 0 Å². The Bertz CT molecular complexity index is 2810. The van der Waals surface area contributed by atoms with Crippen LogP contribution in [0.2, 0.25) is 0 Å². The quantitative estimate of drug-likeness (QED) is 0.182. The van der Waals surface area contributed by atoms with E-state index in [0.29, 0.717) is 0 Å². The van der Waals surface area contributed by atoms with Gasteiger partial charge in [0.2, 0.25) is 0 Å². The van der Waals surface area contributed by atoms with Crippen LogP contribution in [0.15, 0.2) is 127 Å². The van der Waals surface area contributed by atoms with Crippen LogP contribution in [-0.4, -0.2) is 4.57 Å². The summed E-state index contributed by atoms with van der Waals surface area (Å²) in [6, 6.07) is 47.4. The van der Waals surface area contributed by atoms with Crippen LogP contribution in [-0.2, 0) is 0 Å². The van der Waals surface area contributed by atoms with Crippen molar-refractivity contribution in [2.75, 3.05) is 0 Å². The summed E-state index contributed by atoms with van der Waals surface area (Å²) in [6.07, 6.45) is 0. The minimum Gasteiger partial charge on any atom is -0.307 e. The molecule has 0 unspecified atom stereocenters. The topological polar surface area (TPSA) is 4.93 Å². The smallest absolute Gasteiger partial charge is 0.0734 e. The summed E-state index contributed by atoms with van der Waals surface area (Å²) in [6.45, 7) is 0. The van der Waals surface area contributed by atoms with Crippen molar-refractivity contribution in [1.29, 1.82) is 0 Å². The van der Waals surface area contributed by atoms with Crippen molar-refractivity contribution in [2.24, 2.45) is 0 Å². The van der Waals surface area contributed by atoms with Gasteiger partial charge in [-0.1, -0.05) is 103 Å². The monoisotopic (exact) mass is 579 g/mol. The molecule has 0 atom stereocenters. The molecule has 11 rings (SSSR count). The summed E-state index contributed by atoms with van der Waals surface area (Å²) >= 11 is 3.88. The van der Waals surface area contributed by atoms with Crippen LogP contribution in [0.3, 0.4) is 0 Å². The summed E-state index contributed by atoms with van der Waals surface area (Å²) in [4.78, 5) is 0. The normalized spacial score (nSPS) is 12.7. The van der Waals surface area contributed by atoms with Crippen molar-refractivity contribution in [3.63, 3.8) is 0 Å². The molecule has 1 aliphatic carbocycles. The van der Waals surface area contributed by atoms with Crippen LogP contribution in [0.25, 0.3) is 101 Å². The molecule has 1 aliphatic rings. The summed E-state index contributed by atoms with van der Waals surface area (Å²) < 4.78 is 8.03. The molecule has 0 spiro atoms. The van der Waals surface area contributed by atoms with Gasteiger partial charge in [-0.15, -0.1) is 22.7 Å². The number of hydrogen-bond acceptors (Lipinski definition) is 2. The average Bonchev–Trinajstić information content (AvgIpc) is 3.80. The summed E-state index contributed by atoms with van der Waals surface area (Å²) in [5.41, 5.74) is 9.18. The molecule has 3 aromatic heterocycles. The first kappa shape index (κ1) is 22.6. The van der Waals surface area contributed by atoms with Crippen molar-refractivity contribution < 1.29 is 0 Å². The molecule has 0 saturated heterocycles. The molecule has 3 heterocycles. The number of thiophene rings is 2. The lowest BCUT2D eigenvalue weighted by Crippen LogP contribution is -1.96. The molecule has 0 bridgehead atoms. The zero-order chi connectivity index (χ0) is 27.8. The lowest BCUT2D eigenvalue weighted by atomic mass is 10.0. The minimum absolute atomic E-state index is 1.25. The fourth-order valence-corrected chi connectivity index (χ4v) is 10.4. The van der Waals surface area contributed by atoms with Crippen molar-refractivity contribution in [3.05, 3.63) is 127 Å². The third-order valence-corrected chi connectivity index (χ3v) is 11.9. The second kappa shape index (κ2) is 7.90. The van der Waals surface area contributed by atoms with Crippen LogP contribution in [0.5, 0.6) is 0 Å². The van der Waals surface area contributed by atoms with Gasteiger partial charge >= 0.3 is 0 Å². The zero-order valence-corrected chi connectivity index (χ0v) is 24.5. The number of aromatic nitrogens is 1. The van der Waals surface area contributed by atoms with Gasteiger partial charge in [0.05, 0.1) is 21.4 Å². The first-order valence-corrected chi connectivity index (χ1v) is 16.3. The zero-order valence-electron chi connectivity index (χ0n) is 22.9. The standard InChI is InChI=1S/C40H21NS2/c1-2-11-23-22(10-1)24-15-9-16-26-31(21-20-25(23)34(24)26)41-30-17-6-3-12-27(30)37-38(41)40-36(29-14-5-8-19-33(29)43-40)35-28-13-4-7-18-32(28)42-39(35)37/h1-21H. The van der Waals surface area contributed by atoms with Crippen LogP contribution >= 0.6 is 22.7 Å². The van der Waals surface area contributed by atoms with Gasteiger partial charge in [-0.05, 0) is 51.9 Å². The molecule has 0 saturated carbocycles. The first-order valence-electron chi connectivity index (χ1n) is 14.7. The van der Waals surface area contributed by atoms with Crippen molar-refractivity contribution >= 4 is 95.6 Å². The second-order valence-electron chi connectivity index (χ2n) is 11.6. The molecular formula is C40H21NS2. The second-order valence-corrected chi connectivity index (χ2v) is 13.7. The van der Waals surface area contributed by atoms with E-state index in [1.165, 1.54) is 101 Å². The van der Waals surface area contributed by atoms with Crippen LogP contribution in [0, 0.1) is 0 Å². The highest BCUT2D eigenvalue weighted by molar-refractivity contribution is 7.29.